The number of benzene rings is 2. The summed E-state index contributed by atoms with van der Waals surface area (Å²) in [5.41, 5.74) is 2.26. The summed E-state index contributed by atoms with van der Waals surface area (Å²) in [5, 5.41) is 2.66. The molecule has 0 spiro atoms. The maximum absolute atomic E-state index is 12.9. The van der Waals surface area contributed by atoms with E-state index in [1.807, 2.05) is 31.2 Å². The summed E-state index contributed by atoms with van der Waals surface area (Å²) in [5.74, 6) is -0.0170. The summed E-state index contributed by atoms with van der Waals surface area (Å²) >= 11 is 0. The van der Waals surface area contributed by atoms with Gasteiger partial charge in [0.2, 0.25) is 0 Å². The summed E-state index contributed by atoms with van der Waals surface area (Å²) in [6, 6.07) is 14.5. The minimum atomic E-state index is -0.599. The van der Waals surface area contributed by atoms with Crippen LogP contribution in [0.5, 0.6) is 0 Å². The number of nitrogens with one attached hydrogen (secondary N) is 1. The molecule has 1 aliphatic heterocycles. The molecule has 31 heavy (non-hydrogen) atoms. The Morgan fingerprint density at radius 1 is 0.968 bits per heavy atom. The third-order valence-electron chi connectivity index (χ3n) is 5.24. The van der Waals surface area contributed by atoms with Gasteiger partial charge in [0, 0.05) is 35.8 Å². The number of likely N-dealkylation sites (tertiary alicyclic amines) is 1. The van der Waals surface area contributed by atoms with Crippen LogP contribution in [0.3, 0.4) is 0 Å². The van der Waals surface area contributed by atoms with E-state index in [2.05, 4.69) is 5.32 Å². The summed E-state index contributed by atoms with van der Waals surface area (Å²) in [6.45, 7) is 8.44. The highest BCUT2D eigenvalue weighted by molar-refractivity contribution is 5.99. The summed E-state index contributed by atoms with van der Waals surface area (Å²) in [6.07, 6.45) is 0.732. The highest BCUT2D eigenvalue weighted by Gasteiger charge is 2.28. The minimum absolute atomic E-state index is 0.0630. The molecule has 0 aliphatic carbocycles. The van der Waals surface area contributed by atoms with Gasteiger partial charge in [-0.05, 0) is 58.7 Å². The second-order valence-electron chi connectivity index (χ2n) is 9.00. The molecule has 1 N–H and O–H groups in total. The Balaban J connectivity index is 1.58. The van der Waals surface area contributed by atoms with Crippen molar-refractivity contribution >= 4 is 23.5 Å². The molecule has 2 aromatic rings. The van der Waals surface area contributed by atoms with Gasteiger partial charge in [0.25, 0.3) is 5.91 Å². The van der Waals surface area contributed by atoms with Crippen LogP contribution in [0, 0.1) is 12.8 Å². The van der Waals surface area contributed by atoms with Crippen molar-refractivity contribution in [1.82, 2.24) is 4.90 Å². The number of amides is 2. The second kappa shape index (κ2) is 9.33. The Bertz CT molecular complexity index is 952. The predicted octanol–water partition coefficient (Wildman–Crippen LogP) is 5.08. The van der Waals surface area contributed by atoms with Crippen molar-refractivity contribution < 1.29 is 19.1 Å². The first-order valence-corrected chi connectivity index (χ1v) is 10.6. The fourth-order valence-corrected chi connectivity index (χ4v) is 3.63. The Labute approximate surface area is 183 Å². The van der Waals surface area contributed by atoms with Crippen LogP contribution in [0.4, 0.5) is 10.5 Å². The van der Waals surface area contributed by atoms with Gasteiger partial charge in [-0.1, -0.05) is 35.9 Å². The van der Waals surface area contributed by atoms with Crippen LogP contribution in [0.2, 0.25) is 0 Å². The van der Waals surface area contributed by atoms with E-state index in [1.165, 1.54) is 0 Å². The Morgan fingerprint density at radius 2 is 1.61 bits per heavy atom. The van der Waals surface area contributed by atoms with Gasteiger partial charge >= 0.3 is 6.09 Å². The van der Waals surface area contributed by atoms with E-state index in [0.29, 0.717) is 37.2 Å². The number of Topliss-reactive ketones (excluding diaryl/α,β-unsaturated/α-hetero) is 1. The van der Waals surface area contributed by atoms with Crippen LogP contribution in [-0.4, -0.2) is 41.4 Å². The molecule has 0 radical (unpaired) electrons. The highest BCUT2D eigenvalue weighted by Crippen LogP contribution is 2.24. The number of aryl methyl sites for hydroxylation is 1. The molecule has 0 aromatic heterocycles. The molecular formula is C25H30N2O4. The Morgan fingerprint density at radius 3 is 2.23 bits per heavy atom. The lowest BCUT2D eigenvalue weighted by molar-refractivity contribution is 0.0633. The zero-order valence-corrected chi connectivity index (χ0v) is 18.6. The van der Waals surface area contributed by atoms with Gasteiger partial charge in [-0.15, -0.1) is 0 Å². The van der Waals surface area contributed by atoms with Gasteiger partial charge in [0.05, 0.1) is 0 Å². The predicted molar refractivity (Wildman–Crippen MR) is 120 cm³/mol. The molecule has 164 valence electrons. The van der Waals surface area contributed by atoms with E-state index in [9.17, 15) is 14.4 Å². The maximum atomic E-state index is 12.9. The van der Waals surface area contributed by atoms with E-state index in [1.54, 1.807) is 49.9 Å². The normalized spacial score (nSPS) is 14.8. The number of hydrogen-bond donors (Lipinski definition) is 1. The molecule has 0 bridgehead atoms. The first-order chi connectivity index (χ1) is 14.6. The number of ketones is 1. The zero-order valence-electron chi connectivity index (χ0n) is 18.6. The van der Waals surface area contributed by atoms with Gasteiger partial charge in [0.15, 0.2) is 5.78 Å². The van der Waals surface area contributed by atoms with E-state index in [0.717, 1.165) is 11.1 Å². The van der Waals surface area contributed by atoms with Crippen molar-refractivity contribution in [3.8, 4) is 0 Å². The summed E-state index contributed by atoms with van der Waals surface area (Å²) < 4.78 is 5.26. The molecule has 0 saturated carbocycles. The number of carbonyl (C=O) groups excluding carboxylic acids is 3. The SMILES string of the molecule is Cc1ccc(C(=O)C2CCN(C(=O)c3cccc(NC(=O)OC(C)(C)C)c3)CC2)cc1. The molecule has 1 heterocycles. The van der Waals surface area contributed by atoms with Crippen molar-refractivity contribution in [3.63, 3.8) is 0 Å². The number of nitrogens with zero attached hydrogens (tertiary/aromatic N) is 1. The quantitative estimate of drug-likeness (QED) is 0.698. The number of carbonyl (C=O) groups is 3. The molecule has 3 rings (SSSR count). The van der Waals surface area contributed by atoms with E-state index in [-0.39, 0.29) is 17.6 Å². The molecule has 1 aliphatic rings. The molecule has 0 atom stereocenters. The molecular weight excluding hydrogens is 392 g/mol. The third kappa shape index (κ3) is 6.17. The smallest absolute Gasteiger partial charge is 0.412 e. The molecule has 0 unspecified atom stereocenters. The number of anilines is 1. The van der Waals surface area contributed by atoms with Crippen LogP contribution >= 0.6 is 0 Å². The van der Waals surface area contributed by atoms with Gasteiger partial charge in [-0.25, -0.2) is 4.79 Å². The number of rotatable bonds is 4. The van der Waals surface area contributed by atoms with Crippen molar-refractivity contribution in [3.05, 3.63) is 65.2 Å². The zero-order chi connectivity index (χ0) is 22.6. The minimum Gasteiger partial charge on any atom is -0.444 e. The molecule has 2 aromatic carbocycles. The number of hydrogen-bond acceptors (Lipinski definition) is 4. The fourth-order valence-electron chi connectivity index (χ4n) is 3.63. The van der Waals surface area contributed by atoms with Crippen LogP contribution in [-0.2, 0) is 4.74 Å². The van der Waals surface area contributed by atoms with E-state index < -0.39 is 11.7 Å². The Kier molecular flexibility index (Phi) is 6.78. The van der Waals surface area contributed by atoms with E-state index in [4.69, 9.17) is 4.74 Å². The van der Waals surface area contributed by atoms with Crippen molar-refractivity contribution in [1.29, 1.82) is 0 Å². The van der Waals surface area contributed by atoms with Gasteiger partial charge < -0.3 is 9.64 Å². The van der Waals surface area contributed by atoms with Crippen LogP contribution < -0.4 is 5.32 Å². The van der Waals surface area contributed by atoms with Crippen molar-refractivity contribution in [2.24, 2.45) is 5.92 Å². The van der Waals surface area contributed by atoms with Crippen molar-refractivity contribution in [2.45, 2.75) is 46.1 Å². The first kappa shape index (κ1) is 22.5. The average molecular weight is 423 g/mol. The largest absolute Gasteiger partial charge is 0.444 e. The summed E-state index contributed by atoms with van der Waals surface area (Å²) in [7, 11) is 0. The fraction of sp³-hybridized carbons (Fsp3) is 0.400. The number of piperidine rings is 1. The molecule has 2 amide bonds. The third-order valence-corrected chi connectivity index (χ3v) is 5.24. The molecule has 6 nitrogen and oxygen atoms in total. The maximum Gasteiger partial charge on any atom is 0.412 e. The van der Waals surface area contributed by atoms with Crippen molar-refractivity contribution in [2.75, 3.05) is 18.4 Å². The molecule has 1 fully saturated rings. The van der Waals surface area contributed by atoms with E-state index >= 15 is 0 Å². The average Bonchev–Trinajstić information content (AvgIpc) is 2.72. The lowest BCUT2D eigenvalue weighted by Crippen LogP contribution is -2.40. The first-order valence-electron chi connectivity index (χ1n) is 10.6. The standard InChI is InChI=1S/C25H30N2O4/c1-17-8-10-18(11-9-17)22(28)19-12-14-27(15-13-19)23(29)20-6-5-7-21(16-20)26-24(30)31-25(2,3)4/h5-11,16,19H,12-15H2,1-4H3,(H,26,30). The number of ether oxygens (including phenoxy) is 1. The lowest BCUT2D eigenvalue weighted by Gasteiger charge is -2.31. The topological polar surface area (TPSA) is 75.7 Å². The second-order valence-corrected chi connectivity index (χ2v) is 9.00. The van der Waals surface area contributed by atoms with Gasteiger partial charge in [-0.3, -0.25) is 14.9 Å². The summed E-state index contributed by atoms with van der Waals surface area (Å²) in [4.78, 5) is 39.5. The highest BCUT2D eigenvalue weighted by atomic mass is 16.6. The molecule has 6 heteroatoms. The Hall–Kier alpha value is -3.15. The van der Waals surface area contributed by atoms with Gasteiger partial charge in [-0.2, -0.15) is 0 Å². The van der Waals surface area contributed by atoms with Crippen LogP contribution in [0.15, 0.2) is 48.5 Å². The lowest BCUT2D eigenvalue weighted by atomic mass is 9.88. The van der Waals surface area contributed by atoms with Crippen LogP contribution in [0.1, 0.15) is 59.9 Å². The molecule has 1 saturated heterocycles. The monoisotopic (exact) mass is 422 g/mol. The van der Waals surface area contributed by atoms with Crippen LogP contribution in [0.25, 0.3) is 0 Å². The van der Waals surface area contributed by atoms with Gasteiger partial charge in [0.1, 0.15) is 5.60 Å².